The minimum absolute atomic E-state index is 0.657. The third-order valence-electron chi connectivity index (χ3n) is 2.39. The number of nitrogens with zero attached hydrogens (tertiary/aromatic N) is 2. The molecule has 1 aromatic heterocycles. The molecular formula is C11H16N2O2. The van der Waals surface area contributed by atoms with Crippen LogP contribution >= 0.6 is 0 Å². The van der Waals surface area contributed by atoms with Gasteiger partial charge in [-0.2, -0.15) is 0 Å². The zero-order valence-corrected chi connectivity index (χ0v) is 8.98. The molecule has 82 valence electrons. The summed E-state index contributed by atoms with van der Waals surface area (Å²) in [5.74, 6) is 0.689. The SMILES string of the molecule is CCOc1ccc(N2CCOCC2)cn1. The Bertz CT molecular complexity index is 294. The van der Waals surface area contributed by atoms with Crippen molar-refractivity contribution >= 4 is 5.69 Å². The van der Waals surface area contributed by atoms with E-state index in [-0.39, 0.29) is 0 Å². The molecule has 15 heavy (non-hydrogen) atoms. The van der Waals surface area contributed by atoms with Crippen molar-refractivity contribution in [1.82, 2.24) is 4.98 Å². The van der Waals surface area contributed by atoms with Gasteiger partial charge < -0.3 is 14.4 Å². The van der Waals surface area contributed by atoms with Gasteiger partial charge in [0.2, 0.25) is 5.88 Å². The third kappa shape index (κ3) is 2.59. The molecule has 0 atom stereocenters. The topological polar surface area (TPSA) is 34.6 Å². The van der Waals surface area contributed by atoms with Crippen molar-refractivity contribution in [3.63, 3.8) is 0 Å². The summed E-state index contributed by atoms with van der Waals surface area (Å²) in [5.41, 5.74) is 1.14. The van der Waals surface area contributed by atoms with E-state index in [1.54, 1.807) is 0 Å². The van der Waals surface area contributed by atoms with E-state index in [0.29, 0.717) is 12.5 Å². The van der Waals surface area contributed by atoms with E-state index in [1.807, 2.05) is 25.3 Å². The molecule has 2 heterocycles. The molecule has 0 radical (unpaired) electrons. The summed E-state index contributed by atoms with van der Waals surface area (Å²) in [4.78, 5) is 6.51. The Morgan fingerprint density at radius 2 is 2.20 bits per heavy atom. The Hall–Kier alpha value is -1.29. The Kier molecular flexibility index (Phi) is 3.40. The Morgan fingerprint density at radius 3 is 2.80 bits per heavy atom. The third-order valence-corrected chi connectivity index (χ3v) is 2.39. The first kappa shape index (κ1) is 10.2. The molecule has 0 amide bonds. The van der Waals surface area contributed by atoms with E-state index in [0.717, 1.165) is 32.0 Å². The predicted molar refractivity (Wildman–Crippen MR) is 58.4 cm³/mol. The summed E-state index contributed by atoms with van der Waals surface area (Å²) in [5, 5.41) is 0. The monoisotopic (exact) mass is 208 g/mol. The van der Waals surface area contributed by atoms with Gasteiger partial charge in [0.25, 0.3) is 0 Å². The second-order valence-corrected chi connectivity index (χ2v) is 3.39. The van der Waals surface area contributed by atoms with E-state index < -0.39 is 0 Å². The van der Waals surface area contributed by atoms with Crippen LogP contribution in [0.15, 0.2) is 18.3 Å². The fraction of sp³-hybridized carbons (Fsp3) is 0.545. The zero-order chi connectivity index (χ0) is 10.5. The van der Waals surface area contributed by atoms with Crippen LogP contribution in [0.4, 0.5) is 5.69 Å². The smallest absolute Gasteiger partial charge is 0.213 e. The van der Waals surface area contributed by atoms with Crippen LogP contribution in [0.2, 0.25) is 0 Å². The Morgan fingerprint density at radius 1 is 1.40 bits per heavy atom. The summed E-state index contributed by atoms with van der Waals surface area (Å²) in [7, 11) is 0. The normalized spacial score (nSPS) is 16.5. The molecule has 0 N–H and O–H groups in total. The van der Waals surface area contributed by atoms with Gasteiger partial charge >= 0.3 is 0 Å². The Labute approximate surface area is 89.8 Å². The van der Waals surface area contributed by atoms with Gasteiger partial charge in [-0.05, 0) is 13.0 Å². The molecule has 4 heteroatoms. The van der Waals surface area contributed by atoms with E-state index in [4.69, 9.17) is 9.47 Å². The lowest BCUT2D eigenvalue weighted by Gasteiger charge is -2.28. The summed E-state index contributed by atoms with van der Waals surface area (Å²) >= 11 is 0. The van der Waals surface area contributed by atoms with Crippen molar-refractivity contribution in [3.05, 3.63) is 18.3 Å². The van der Waals surface area contributed by atoms with Gasteiger partial charge in [0.1, 0.15) is 0 Å². The molecule has 0 aliphatic carbocycles. The largest absolute Gasteiger partial charge is 0.478 e. The highest BCUT2D eigenvalue weighted by Crippen LogP contribution is 2.17. The van der Waals surface area contributed by atoms with Gasteiger partial charge in [0.05, 0.1) is 31.7 Å². The first-order valence-corrected chi connectivity index (χ1v) is 5.31. The molecule has 0 aromatic carbocycles. The molecule has 0 bridgehead atoms. The summed E-state index contributed by atoms with van der Waals surface area (Å²) in [6, 6.07) is 3.96. The summed E-state index contributed by atoms with van der Waals surface area (Å²) < 4.78 is 10.6. The fourth-order valence-electron chi connectivity index (χ4n) is 1.61. The quantitative estimate of drug-likeness (QED) is 0.750. The number of anilines is 1. The molecule has 1 aromatic rings. The van der Waals surface area contributed by atoms with Crippen molar-refractivity contribution in [2.45, 2.75) is 6.92 Å². The van der Waals surface area contributed by atoms with Crippen molar-refractivity contribution in [1.29, 1.82) is 0 Å². The van der Waals surface area contributed by atoms with Crippen molar-refractivity contribution < 1.29 is 9.47 Å². The predicted octanol–water partition coefficient (Wildman–Crippen LogP) is 1.32. The minimum atomic E-state index is 0.657. The molecule has 1 fully saturated rings. The van der Waals surface area contributed by atoms with Gasteiger partial charge in [-0.1, -0.05) is 0 Å². The molecule has 1 aliphatic rings. The Balaban J connectivity index is 2.02. The number of rotatable bonds is 3. The first-order valence-electron chi connectivity index (χ1n) is 5.31. The number of pyridine rings is 1. The maximum atomic E-state index is 5.30. The number of hydrogen-bond acceptors (Lipinski definition) is 4. The molecule has 0 saturated carbocycles. The van der Waals surface area contributed by atoms with Crippen LogP contribution in [0, 0.1) is 0 Å². The van der Waals surface area contributed by atoms with Crippen LogP contribution in [0.3, 0.4) is 0 Å². The van der Waals surface area contributed by atoms with Crippen LogP contribution in [-0.2, 0) is 4.74 Å². The molecule has 2 rings (SSSR count). The molecular weight excluding hydrogens is 192 g/mol. The van der Waals surface area contributed by atoms with Gasteiger partial charge in [0.15, 0.2) is 0 Å². The van der Waals surface area contributed by atoms with Crippen molar-refractivity contribution in [2.24, 2.45) is 0 Å². The van der Waals surface area contributed by atoms with E-state index in [9.17, 15) is 0 Å². The number of morpholine rings is 1. The van der Waals surface area contributed by atoms with Crippen molar-refractivity contribution in [3.8, 4) is 5.88 Å². The van der Waals surface area contributed by atoms with E-state index in [2.05, 4.69) is 9.88 Å². The molecule has 1 aliphatic heterocycles. The van der Waals surface area contributed by atoms with E-state index in [1.165, 1.54) is 0 Å². The first-order chi connectivity index (χ1) is 7.40. The van der Waals surface area contributed by atoms with Crippen LogP contribution < -0.4 is 9.64 Å². The molecule has 4 nitrogen and oxygen atoms in total. The summed E-state index contributed by atoms with van der Waals surface area (Å²) in [6.07, 6.45) is 1.86. The number of ether oxygens (including phenoxy) is 2. The molecule has 0 spiro atoms. The average Bonchev–Trinajstić information content (AvgIpc) is 2.32. The molecule has 1 saturated heterocycles. The molecule has 0 unspecified atom stereocenters. The lowest BCUT2D eigenvalue weighted by molar-refractivity contribution is 0.122. The van der Waals surface area contributed by atoms with Crippen LogP contribution in [-0.4, -0.2) is 37.9 Å². The highest BCUT2D eigenvalue weighted by Gasteiger charge is 2.11. The highest BCUT2D eigenvalue weighted by molar-refractivity contribution is 5.45. The highest BCUT2D eigenvalue weighted by atomic mass is 16.5. The van der Waals surface area contributed by atoms with Gasteiger partial charge in [0, 0.05) is 19.2 Å². The van der Waals surface area contributed by atoms with E-state index >= 15 is 0 Å². The lowest BCUT2D eigenvalue weighted by Crippen LogP contribution is -2.36. The van der Waals surface area contributed by atoms with Crippen LogP contribution in [0.1, 0.15) is 6.92 Å². The fourth-order valence-corrected chi connectivity index (χ4v) is 1.61. The van der Waals surface area contributed by atoms with Crippen molar-refractivity contribution in [2.75, 3.05) is 37.8 Å². The van der Waals surface area contributed by atoms with Gasteiger partial charge in [-0.25, -0.2) is 4.98 Å². The second-order valence-electron chi connectivity index (χ2n) is 3.39. The average molecular weight is 208 g/mol. The number of hydrogen-bond donors (Lipinski definition) is 0. The van der Waals surface area contributed by atoms with Gasteiger partial charge in [-0.3, -0.25) is 0 Å². The van der Waals surface area contributed by atoms with Crippen LogP contribution in [0.25, 0.3) is 0 Å². The van der Waals surface area contributed by atoms with Gasteiger partial charge in [-0.15, -0.1) is 0 Å². The maximum Gasteiger partial charge on any atom is 0.213 e. The maximum absolute atomic E-state index is 5.30. The zero-order valence-electron chi connectivity index (χ0n) is 8.98. The minimum Gasteiger partial charge on any atom is -0.478 e. The second kappa shape index (κ2) is 4.98. The summed E-state index contributed by atoms with van der Waals surface area (Å²) in [6.45, 7) is 6.09. The van der Waals surface area contributed by atoms with Crippen LogP contribution in [0.5, 0.6) is 5.88 Å². The lowest BCUT2D eigenvalue weighted by atomic mass is 10.3. The standard InChI is InChI=1S/C11H16N2O2/c1-2-15-11-4-3-10(9-12-11)13-5-7-14-8-6-13/h3-4,9H,2,5-8H2,1H3. The number of aromatic nitrogens is 1.